The Morgan fingerprint density at radius 1 is 1.43 bits per heavy atom. The summed E-state index contributed by atoms with van der Waals surface area (Å²) in [6.45, 7) is 0. The summed E-state index contributed by atoms with van der Waals surface area (Å²) in [6.07, 6.45) is 3.41. The predicted octanol–water partition coefficient (Wildman–Crippen LogP) is 0.284. The lowest BCUT2D eigenvalue weighted by atomic mass is 10.3. The first-order valence-corrected chi connectivity index (χ1v) is 4.62. The summed E-state index contributed by atoms with van der Waals surface area (Å²) in [5, 5.41) is 0.603. The molecule has 0 aromatic heterocycles. The molecule has 1 saturated heterocycles. The minimum Gasteiger partial charge on any atom is -0.306 e. The van der Waals surface area contributed by atoms with Crippen LogP contribution in [0, 0.1) is 0 Å². The van der Waals surface area contributed by atoms with Crippen LogP contribution in [0.2, 0.25) is 6.04 Å². The van der Waals surface area contributed by atoms with E-state index in [1.165, 1.54) is 18.9 Å². The molecule has 0 aliphatic carbocycles. The molecule has 1 heterocycles. The Hall–Kier alpha value is -0.113. The SMILES string of the molecule is O=C1CCCC[SiH2]1. The molecule has 0 bridgehead atoms. The van der Waals surface area contributed by atoms with Crippen molar-refractivity contribution in [2.24, 2.45) is 0 Å². The van der Waals surface area contributed by atoms with Crippen molar-refractivity contribution in [1.82, 2.24) is 0 Å². The lowest BCUT2D eigenvalue weighted by Crippen LogP contribution is -2.12. The molecular formula is C5H10OSi. The Morgan fingerprint density at radius 2 is 2.29 bits per heavy atom. The van der Waals surface area contributed by atoms with Crippen molar-refractivity contribution in [2.75, 3.05) is 0 Å². The van der Waals surface area contributed by atoms with Gasteiger partial charge >= 0.3 is 0 Å². The summed E-state index contributed by atoms with van der Waals surface area (Å²) >= 11 is 0. The van der Waals surface area contributed by atoms with E-state index < -0.39 is 0 Å². The molecule has 7 heavy (non-hydrogen) atoms. The molecule has 1 aliphatic rings. The molecule has 0 spiro atoms. The molecule has 0 aromatic carbocycles. The van der Waals surface area contributed by atoms with Crippen LogP contribution in [0.1, 0.15) is 19.3 Å². The van der Waals surface area contributed by atoms with E-state index in [9.17, 15) is 4.79 Å². The summed E-state index contributed by atoms with van der Waals surface area (Å²) in [4.78, 5) is 10.5. The van der Waals surface area contributed by atoms with Gasteiger partial charge in [0, 0.05) is 6.42 Å². The monoisotopic (exact) mass is 114 g/mol. The van der Waals surface area contributed by atoms with Gasteiger partial charge in [0.15, 0.2) is 0 Å². The third-order valence-electron chi connectivity index (χ3n) is 1.41. The van der Waals surface area contributed by atoms with E-state index in [0.717, 1.165) is 6.42 Å². The lowest BCUT2D eigenvalue weighted by Gasteiger charge is -2.04. The van der Waals surface area contributed by atoms with Gasteiger partial charge in [0.25, 0.3) is 0 Å². The molecule has 1 rings (SSSR count). The zero-order valence-corrected chi connectivity index (χ0v) is 5.86. The van der Waals surface area contributed by atoms with Gasteiger partial charge < -0.3 is 4.79 Å². The third kappa shape index (κ3) is 1.43. The molecule has 40 valence electrons. The van der Waals surface area contributed by atoms with Crippen LogP contribution in [0.4, 0.5) is 0 Å². The zero-order chi connectivity index (χ0) is 5.11. The second-order valence-corrected chi connectivity index (χ2v) is 4.10. The van der Waals surface area contributed by atoms with Crippen LogP contribution in [0.3, 0.4) is 0 Å². The van der Waals surface area contributed by atoms with E-state index >= 15 is 0 Å². The minimum absolute atomic E-state index is 0.206. The molecule has 1 aliphatic heterocycles. The van der Waals surface area contributed by atoms with Gasteiger partial charge in [-0.1, -0.05) is 12.5 Å². The first-order valence-electron chi connectivity index (χ1n) is 2.91. The maximum atomic E-state index is 10.5. The van der Waals surface area contributed by atoms with Gasteiger partial charge in [-0.15, -0.1) is 0 Å². The standard InChI is InChI=1S/C5H10OSi/c6-5-3-1-2-4-7-5/h1-4,7H2. The molecule has 0 amide bonds. The fraction of sp³-hybridized carbons (Fsp3) is 0.800. The van der Waals surface area contributed by atoms with Crippen LogP contribution in [0.5, 0.6) is 0 Å². The first kappa shape index (κ1) is 5.03. The number of hydrogen-bond donors (Lipinski definition) is 0. The molecule has 0 aromatic rings. The van der Waals surface area contributed by atoms with Crippen LogP contribution < -0.4 is 0 Å². The highest BCUT2D eigenvalue weighted by Crippen LogP contribution is 2.06. The van der Waals surface area contributed by atoms with Crippen molar-refractivity contribution >= 4 is 14.9 Å². The van der Waals surface area contributed by atoms with E-state index in [1.54, 1.807) is 0 Å². The lowest BCUT2D eigenvalue weighted by molar-refractivity contribution is -0.112. The summed E-state index contributed by atoms with van der Waals surface area (Å²) in [6, 6.07) is 1.28. The average molecular weight is 114 g/mol. The largest absolute Gasteiger partial charge is 0.306 e. The zero-order valence-electron chi connectivity index (χ0n) is 4.44. The Morgan fingerprint density at radius 3 is 2.57 bits per heavy atom. The van der Waals surface area contributed by atoms with Gasteiger partial charge in [-0.25, -0.2) is 0 Å². The van der Waals surface area contributed by atoms with Crippen molar-refractivity contribution in [3.05, 3.63) is 0 Å². The summed E-state index contributed by atoms with van der Waals surface area (Å²) in [5.41, 5.74) is 0. The maximum Gasteiger partial charge on any atom is 0.104 e. The highest BCUT2D eigenvalue weighted by atomic mass is 28.2. The predicted molar refractivity (Wildman–Crippen MR) is 32.2 cm³/mol. The molecule has 1 nitrogen and oxygen atoms in total. The summed E-state index contributed by atoms with van der Waals surface area (Å²) in [7, 11) is -0.206. The fourth-order valence-corrected chi connectivity index (χ4v) is 2.44. The van der Waals surface area contributed by atoms with Gasteiger partial charge in [0.05, 0.1) is 0 Å². The second kappa shape index (κ2) is 2.26. The Bertz CT molecular complexity index is 72.1. The molecular weight excluding hydrogens is 104 g/mol. The smallest absolute Gasteiger partial charge is 0.104 e. The Labute approximate surface area is 45.9 Å². The van der Waals surface area contributed by atoms with E-state index in [1.807, 2.05) is 0 Å². The van der Waals surface area contributed by atoms with Gasteiger partial charge in [0.2, 0.25) is 0 Å². The van der Waals surface area contributed by atoms with Crippen LogP contribution in [-0.4, -0.2) is 14.9 Å². The minimum atomic E-state index is -0.206. The third-order valence-corrected chi connectivity index (χ3v) is 3.18. The quantitative estimate of drug-likeness (QED) is 0.413. The number of hydrogen-bond acceptors (Lipinski definition) is 1. The fourth-order valence-electron chi connectivity index (χ4n) is 0.946. The number of carbonyl (C=O) groups is 1. The van der Waals surface area contributed by atoms with Crippen molar-refractivity contribution in [3.8, 4) is 0 Å². The Kier molecular flexibility index (Phi) is 1.62. The van der Waals surface area contributed by atoms with Crippen molar-refractivity contribution < 1.29 is 4.79 Å². The van der Waals surface area contributed by atoms with Gasteiger partial charge in [0.1, 0.15) is 14.9 Å². The van der Waals surface area contributed by atoms with Crippen molar-refractivity contribution in [3.63, 3.8) is 0 Å². The molecule has 0 N–H and O–H groups in total. The molecule has 0 atom stereocenters. The topological polar surface area (TPSA) is 17.1 Å². The van der Waals surface area contributed by atoms with E-state index in [0.29, 0.717) is 5.41 Å². The molecule has 2 heteroatoms. The van der Waals surface area contributed by atoms with Crippen molar-refractivity contribution in [1.29, 1.82) is 0 Å². The van der Waals surface area contributed by atoms with Crippen LogP contribution >= 0.6 is 0 Å². The maximum absolute atomic E-state index is 10.5. The highest BCUT2D eigenvalue weighted by molar-refractivity contribution is 6.74. The van der Waals surface area contributed by atoms with Crippen molar-refractivity contribution in [2.45, 2.75) is 25.3 Å². The van der Waals surface area contributed by atoms with Gasteiger partial charge in [-0.3, -0.25) is 0 Å². The van der Waals surface area contributed by atoms with Gasteiger partial charge in [-0.05, 0) is 6.42 Å². The average Bonchev–Trinajstić information content (AvgIpc) is 1.69. The number of rotatable bonds is 0. The summed E-state index contributed by atoms with van der Waals surface area (Å²) in [5.74, 6) is 0. The second-order valence-electron chi connectivity index (χ2n) is 2.10. The number of carbonyl (C=O) groups excluding carboxylic acids is 1. The normalized spacial score (nSPS) is 26.0. The molecule has 1 fully saturated rings. The summed E-state index contributed by atoms with van der Waals surface area (Å²) < 4.78 is 0. The molecule has 0 radical (unpaired) electrons. The van der Waals surface area contributed by atoms with Gasteiger partial charge in [-0.2, -0.15) is 0 Å². The highest BCUT2D eigenvalue weighted by Gasteiger charge is 2.06. The first-order chi connectivity index (χ1) is 3.39. The van der Waals surface area contributed by atoms with Crippen LogP contribution in [0.15, 0.2) is 0 Å². The molecule has 0 unspecified atom stereocenters. The van der Waals surface area contributed by atoms with Crippen LogP contribution in [-0.2, 0) is 4.79 Å². The Balaban J connectivity index is 2.25. The van der Waals surface area contributed by atoms with E-state index in [-0.39, 0.29) is 9.52 Å². The van der Waals surface area contributed by atoms with E-state index in [2.05, 4.69) is 0 Å². The molecule has 0 saturated carbocycles. The van der Waals surface area contributed by atoms with Crippen LogP contribution in [0.25, 0.3) is 0 Å². The van der Waals surface area contributed by atoms with E-state index in [4.69, 9.17) is 0 Å².